The van der Waals surface area contributed by atoms with E-state index >= 15 is 0 Å². The Balaban J connectivity index is 1.87. The minimum Gasteiger partial charge on any atom is -0.311 e. The maximum absolute atomic E-state index is 7.68. The van der Waals surface area contributed by atoms with Gasteiger partial charge in [-0.15, -0.1) is 0 Å². The normalized spacial score (nSPS) is 12.7. The average Bonchev–Trinajstić information content (AvgIpc) is 3.13. The van der Waals surface area contributed by atoms with Crippen molar-refractivity contribution in [1.82, 2.24) is 4.40 Å². The molecule has 3 heterocycles. The van der Waals surface area contributed by atoms with Crippen molar-refractivity contribution in [2.75, 3.05) is 0 Å². The van der Waals surface area contributed by atoms with Crippen molar-refractivity contribution in [3.8, 4) is 0 Å². The highest BCUT2D eigenvalue weighted by atomic mass is 15.0. The first-order chi connectivity index (χ1) is 16.7. The second kappa shape index (κ2) is 7.43. The number of hydrogen-bond acceptors (Lipinski definition) is 0. The van der Waals surface area contributed by atoms with Crippen LogP contribution in [0.15, 0.2) is 54.7 Å². The number of rotatable bonds is 4. The zero-order chi connectivity index (χ0) is 24.6. The molecule has 0 aliphatic carbocycles. The molecule has 0 bridgehead atoms. The van der Waals surface area contributed by atoms with Gasteiger partial charge >= 0.3 is 0 Å². The van der Waals surface area contributed by atoms with Gasteiger partial charge in [0.05, 0.1) is 33.7 Å². The topological polar surface area (TPSA) is 12.7 Å². The van der Waals surface area contributed by atoms with Crippen molar-refractivity contribution < 1.29 is 4.57 Å². The highest BCUT2D eigenvalue weighted by molar-refractivity contribution is 6.25. The van der Waals surface area contributed by atoms with Crippen molar-refractivity contribution in [3.05, 3.63) is 82.8 Å². The molecular weight excluding hydrogens is 426 g/mol. The lowest BCUT2D eigenvalue weighted by Gasteiger charge is -2.16. The van der Waals surface area contributed by atoms with E-state index in [1.807, 2.05) is 13.8 Å². The van der Waals surface area contributed by atoms with Crippen LogP contribution in [-0.2, 0) is 19.9 Å². The monoisotopic (exact) mass is 458 g/mol. The fourth-order valence-electron chi connectivity index (χ4n) is 6.06. The van der Waals surface area contributed by atoms with Crippen LogP contribution in [0, 0.1) is 19.4 Å². The largest absolute Gasteiger partial charge is 0.311 e. The van der Waals surface area contributed by atoms with Crippen LogP contribution in [0.1, 0.15) is 44.4 Å². The van der Waals surface area contributed by atoms with E-state index < -0.39 is 5.54 Å². The van der Waals surface area contributed by atoms with Crippen LogP contribution >= 0.6 is 0 Å². The first-order valence-electron chi connectivity index (χ1n) is 12.6. The third-order valence-corrected chi connectivity index (χ3v) is 7.54. The van der Waals surface area contributed by atoms with Crippen molar-refractivity contribution in [1.29, 1.82) is 0 Å². The molecule has 0 aliphatic heterocycles. The Hall–Kier alpha value is -3.64. The molecule has 0 saturated heterocycles. The van der Waals surface area contributed by atoms with E-state index in [9.17, 15) is 0 Å². The molecule has 0 saturated carbocycles. The Kier molecular flexibility index (Phi) is 4.64. The van der Waals surface area contributed by atoms with Gasteiger partial charge in [-0.1, -0.05) is 44.2 Å². The lowest BCUT2D eigenvalue weighted by Crippen LogP contribution is -2.29. The summed E-state index contributed by atoms with van der Waals surface area (Å²) in [7, 11) is 2.16. The zero-order valence-electron chi connectivity index (χ0n) is 21.5. The summed E-state index contributed by atoms with van der Waals surface area (Å²) in [6.07, 6.45) is 3.99. The van der Waals surface area contributed by atoms with Crippen LogP contribution in [-0.4, -0.2) is 9.94 Å². The lowest BCUT2D eigenvalue weighted by molar-refractivity contribution is -0.643. The third kappa shape index (κ3) is 3.20. The Bertz CT molecular complexity index is 1830. The van der Waals surface area contributed by atoms with Gasteiger partial charge in [0.1, 0.15) is 7.05 Å². The Morgan fingerprint density at radius 2 is 1.69 bits per heavy atom. The van der Waals surface area contributed by atoms with E-state index in [1.165, 1.54) is 65.7 Å². The molecule has 3 aromatic heterocycles. The van der Waals surface area contributed by atoms with Crippen molar-refractivity contribution in [3.63, 3.8) is 0 Å². The molecule has 35 heavy (non-hydrogen) atoms. The zero-order valence-corrected chi connectivity index (χ0v) is 21.5. The summed E-state index contributed by atoms with van der Waals surface area (Å²) < 4.78 is 4.79. The molecule has 3 nitrogen and oxygen atoms in total. The molecule has 6 aromatic rings. The van der Waals surface area contributed by atoms with Crippen LogP contribution in [0.2, 0.25) is 0 Å². The minimum absolute atomic E-state index is 0.426. The first kappa shape index (κ1) is 21.9. The summed E-state index contributed by atoms with van der Waals surface area (Å²) in [5.41, 5.74) is 8.59. The molecule has 3 aromatic carbocycles. The van der Waals surface area contributed by atoms with E-state index in [0.717, 1.165) is 12.8 Å². The lowest BCUT2D eigenvalue weighted by atomic mass is 9.92. The van der Waals surface area contributed by atoms with Gasteiger partial charge in [-0.2, -0.15) is 0 Å². The number of aryl methyl sites for hydroxylation is 2. The maximum Gasteiger partial charge on any atom is 0.231 e. The predicted octanol–water partition coefficient (Wildman–Crippen LogP) is 7.56. The van der Waals surface area contributed by atoms with E-state index in [-0.39, 0.29) is 0 Å². The minimum atomic E-state index is -0.426. The Morgan fingerprint density at radius 1 is 0.943 bits per heavy atom. The van der Waals surface area contributed by atoms with E-state index in [1.54, 1.807) is 0 Å². The molecule has 0 fully saturated rings. The molecule has 0 radical (unpaired) electrons. The van der Waals surface area contributed by atoms with E-state index in [2.05, 4.69) is 96.4 Å². The van der Waals surface area contributed by atoms with Crippen molar-refractivity contribution in [2.45, 2.75) is 53.0 Å². The standard InChI is InChI=1S/C32H32N3/c1-19(2)14-21-9-11-24-25-10-8-20(3)28-30(25)35(26(24)16-21)27-17-22(18-32(4,5)33-6)15-23-12-13-34(7)31(28)29(23)27/h8-13,15-17,19H,14,18H2,1-5,7H3/q+1. The fraction of sp³-hybridized carbons (Fsp3) is 0.312. The third-order valence-electron chi connectivity index (χ3n) is 7.54. The van der Waals surface area contributed by atoms with E-state index in [0.29, 0.717) is 5.92 Å². The molecule has 0 amide bonds. The molecule has 3 heteroatoms. The number of aromatic nitrogens is 2. The van der Waals surface area contributed by atoms with Crippen LogP contribution < -0.4 is 4.57 Å². The smallest absolute Gasteiger partial charge is 0.231 e. The molecule has 174 valence electrons. The summed E-state index contributed by atoms with van der Waals surface area (Å²) in [4.78, 5) is 3.90. The Morgan fingerprint density at radius 3 is 2.43 bits per heavy atom. The molecular formula is C32H32N3+. The molecule has 0 unspecified atom stereocenters. The van der Waals surface area contributed by atoms with Crippen LogP contribution in [0.4, 0.5) is 0 Å². The molecule has 0 aliphatic rings. The second-order valence-electron chi connectivity index (χ2n) is 11.4. The van der Waals surface area contributed by atoms with Gasteiger partial charge in [-0.25, -0.2) is 11.1 Å². The number of nitrogens with zero attached hydrogens (tertiary/aromatic N) is 3. The first-order valence-corrected chi connectivity index (χ1v) is 12.6. The fourth-order valence-corrected chi connectivity index (χ4v) is 6.06. The second-order valence-corrected chi connectivity index (χ2v) is 11.4. The Labute approximate surface area is 206 Å². The van der Waals surface area contributed by atoms with Gasteiger partial charge in [-0.3, -0.25) is 0 Å². The molecule has 0 N–H and O–H groups in total. The van der Waals surface area contributed by atoms with Gasteiger partial charge in [0.2, 0.25) is 11.1 Å². The van der Waals surface area contributed by atoms with E-state index in [4.69, 9.17) is 6.57 Å². The van der Waals surface area contributed by atoms with Gasteiger partial charge in [0.25, 0.3) is 0 Å². The summed E-state index contributed by atoms with van der Waals surface area (Å²) in [5, 5.41) is 6.50. The van der Waals surface area contributed by atoms with Crippen molar-refractivity contribution >= 4 is 49.0 Å². The number of fused-ring (bicyclic) bond motifs is 5. The van der Waals surface area contributed by atoms with Crippen LogP contribution in [0.5, 0.6) is 0 Å². The summed E-state index contributed by atoms with van der Waals surface area (Å²) in [6.45, 7) is 18.6. The molecule has 6 rings (SSSR count). The summed E-state index contributed by atoms with van der Waals surface area (Å²) in [6, 6.07) is 18.5. The number of hydrogen-bond donors (Lipinski definition) is 0. The molecule has 0 atom stereocenters. The van der Waals surface area contributed by atoms with Crippen LogP contribution in [0.3, 0.4) is 0 Å². The molecule has 0 spiro atoms. The maximum atomic E-state index is 7.68. The van der Waals surface area contributed by atoms with Gasteiger partial charge < -0.3 is 9.25 Å². The summed E-state index contributed by atoms with van der Waals surface area (Å²) in [5.74, 6) is 0.613. The van der Waals surface area contributed by atoms with Gasteiger partial charge in [0.15, 0.2) is 6.20 Å². The highest BCUT2D eigenvalue weighted by Crippen LogP contribution is 2.41. The quantitative estimate of drug-likeness (QED) is 0.112. The average molecular weight is 459 g/mol. The number of pyridine rings is 2. The predicted molar refractivity (Wildman–Crippen MR) is 147 cm³/mol. The van der Waals surface area contributed by atoms with Crippen LogP contribution in [0.25, 0.3) is 53.8 Å². The summed E-state index contributed by atoms with van der Waals surface area (Å²) >= 11 is 0. The van der Waals surface area contributed by atoms with Gasteiger partial charge in [0, 0.05) is 30.7 Å². The van der Waals surface area contributed by atoms with Gasteiger partial charge in [-0.05, 0) is 53.5 Å². The highest BCUT2D eigenvalue weighted by Gasteiger charge is 2.27. The van der Waals surface area contributed by atoms with Crippen molar-refractivity contribution in [2.24, 2.45) is 13.0 Å². The number of benzene rings is 3. The SMILES string of the molecule is [C-]#[N+]C(C)(C)Cc1cc2cc[n+](C)c3c4c(C)ccc5c6ccc(CC(C)C)cc6n(c(c1)c23)c54.